The fourth-order valence-electron chi connectivity index (χ4n) is 5.77. The zero-order chi connectivity index (χ0) is 13.2. The molecule has 5 unspecified atom stereocenters. The van der Waals surface area contributed by atoms with Crippen LogP contribution in [0, 0.1) is 37.5 Å². The van der Waals surface area contributed by atoms with Crippen LogP contribution < -0.4 is 5.73 Å². The van der Waals surface area contributed by atoms with Gasteiger partial charge in [0.1, 0.15) is 0 Å². The van der Waals surface area contributed by atoms with E-state index in [4.69, 9.17) is 5.73 Å². The number of hydrogen-bond acceptors (Lipinski definition) is 1. The molecule has 1 nitrogen and oxygen atoms in total. The van der Waals surface area contributed by atoms with Gasteiger partial charge in [-0.15, -0.1) is 0 Å². The first-order chi connectivity index (χ1) is 9.08. The van der Waals surface area contributed by atoms with Gasteiger partial charge in [0, 0.05) is 5.54 Å². The summed E-state index contributed by atoms with van der Waals surface area (Å²) in [6, 6.07) is 6.95. The molecule has 0 saturated heterocycles. The second kappa shape index (κ2) is 3.85. The first-order valence-corrected chi connectivity index (χ1v) is 7.95. The van der Waals surface area contributed by atoms with E-state index in [1.54, 1.807) is 0 Å². The first-order valence-electron chi connectivity index (χ1n) is 7.95. The van der Waals surface area contributed by atoms with Crippen molar-refractivity contribution in [3.05, 3.63) is 34.9 Å². The highest BCUT2D eigenvalue weighted by Gasteiger charge is 2.59. The van der Waals surface area contributed by atoms with Gasteiger partial charge in [-0.05, 0) is 68.8 Å². The molecular weight excluding hydrogens is 230 g/mol. The molecule has 1 aromatic rings. The van der Waals surface area contributed by atoms with Gasteiger partial charge in [0.15, 0.2) is 0 Å². The molecule has 0 amide bonds. The molecule has 0 spiro atoms. The van der Waals surface area contributed by atoms with Gasteiger partial charge in [0.2, 0.25) is 0 Å². The van der Waals surface area contributed by atoms with Crippen molar-refractivity contribution in [2.45, 2.75) is 51.5 Å². The van der Waals surface area contributed by atoms with Crippen molar-refractivity contribution in [1.29, 1.82) is 0 Å². The SMILES string of the molecule is Cc1cc(C)cc(C2(N)CC3CC2C2CCCC32)c1. The Hall–Kier alpha value is -0.820. The Bertz CT molecular complexity index is 500. The van der Waals surface area contributed by atoms with E-state index in [2.05, 4.69) is 32.0 Å². The highest BCUT2D eigenvalue weighted by atomic mass is 14.8. The van der Waals surface area contributed by atoms with Crippen LogP contribution >= 0.6 is 0 Å². The fraction of sp³-hybridized carbons (Fsp3) is 0.667. The lowest BCUT2D eigenvalue weighted by atomic mass is 9.68. The molecule has 0 aromatic heterocycles. The first kappa shape index (κ1) is 12.0. The Kier molecular flexibility index (Phi) is 2.42. The standard InChI is InChI=1S/C18H25N/c1-11-6-12(2)8-14(7-11)18(19)10-13-9-17(18)16-5-3-4-15(13)16/h6-8,13,15-17H,3-5,9-10,19H2,1-2H3. The van der Waals surface area contributed by atoms with Gasteiger partial charge < -0.3 is 5.73 Å². The van der Waals surface area contributed by atoms with Crippen molar-refractivity contribution >= 4 is 0 Å². The van der Waals surface area contributed by atoms with E-state index in [9.17, 15) is 0 Å². The lowest BCUT2D eigenvalue weighted by Gasteiger charge is -2.41. The van der Waals surface area contributed by atoms with Crippen LogP contribution in [-0.2, 0) is 5.54 Å². The average molecular weight is 255 g/mol. The minimum absolute atomic E-state index is 0.0209. The average Bonchev–Trinajstić information content (AvgIpc) is 2.97. The Morgan fingerprint density at radius 1 is 1.05 bits per heavy atom. The number of hydrogen-bond donors (Lipinski definition) is 1. The van der Waals surface area contributed by atoms with Crippen LogP contribution in [0.3, 0.4) is 0 Å². The molecule has 2 N–H and O–H groups in total. The quantitative estimate of drug-likeness (QED) is 0.809. The molecule has 0 radical (unpaired) electrons. The van der Waals surface area contributed by atoms with Crippen LogP contribution in [0.1, 0.15) is 48.8 Å². The number of rotatable bonds is 1. The molecule has 4 rings (SSSR count). The summed E-state index contributed by atoms with van der Waals surface area (Å²) in [5, 5.41) is 0. The smallest absolute Gasteiger partial charge is 0.0444 e. The predicted molar refractivity (Wildman–Crippen MR) is 78.8 cm³/mol. The second-order valence-corrected chi connectivity index (χ2v) is 7.48. The highest BCUT2D eigenvalue weighted by molar-refractivity contribution is 5.36. The molecule has 3 aliphatic rings. The number of benzene rings is 1. The topological polar surface area (TPSA) is 26.0 Å². The molecule has 1 aromatic carbocycles. The molecule has 3 saturated carbocycles. The lowest BCUT2D eigenvalue weighted by molar-refractivity contribution is 0.156. The molecule has 0 heterocycles. The highest BCUT2D eigenvalue weighted by Crippen LogP contribution is 2.64. The van der Waals surface area contributed by atoms with Gasteiger partial charge in [0.25, 0.3) is 0 Å². The Balaban J connectivity index is 1.75. The van der Waals surface area contributed by atoms with Crippen LogP contribution in [0.25, 0.3) is 0 Å². The second-order valence-electron chi connectivity index (χ2n) is 7.48. The van der Waals surface area contributed by atoms with Gasteiger partial charge in [-0.25, -0.2) is 0 Å². The predicted octanol–water partition coefficient (Wildman–Crippen LogP) is 3.91. The summed E-state index contributed by atoms with van der Waals surface area (Å²) in [4.78, 5) is 0. The molecule has 102 valence electrons. The van der Waals surface area contributed by atoms with Crippen molar-refractivity contribution in [3.8, 4) is 0 Å². The zero-order valence-electron chi connectivity index (χ0n) is 12.2. The summed E-state index contributed by atoms with van der Waals surface area (Å²) < 4.78 is 0. The molecule has 19 heavy (non-hydrogen) atoms. The normalized spacial score (nSPS) is 43.7. The van der Waals surface area contributed by atoms with Crippen LogP contribution in [0.5, 0.6) is 0 Å². The summed E-state index contributed by atoms with van der Waals surface area (Å²) in [7, 11) is 0. The number of nitrogens with two attached hydrogens (primary N) is 1. The summed E-state index contributed by atoms with van der Waals surface area (Å²) >= 11 is 0. The van der Waals surface area contributed by atoms with Crippen molar-refractivity contribution in [2.24, 2.45) is 29.4 Å². The molecule has 2 bridgehead atoms. The molecule has 0 aliphatic heterocycles. The van der Waals surface area contributed by atoms with E-state index in [0.717, 1.165) is 23.7 Å². The van der Waals surface area contributed by atoms with Gasteiger partial charge in [-0.3, -0.25) is 0 Å². The zero-order valence-corrected chi connectivity index (χ0v) is 12.2. The van der Waals surface area contributed by atoms with Gasteiger partial charge in [-0.1, -0.05) is 35.7 Å². The van der Waals surface area contributed by atoms with E-state index in [1.807, 2.05) is 0 Å². The Morgan fingerprint density at radius 2 is 1.74 bits per heavy atom. The van der Waals surface area contributed by atoms with Crippen molar-refractivity contribution in [2.75, 3.05) is 0 Å². The minimum Gasteiger partial charge on any atom is -0.321 e. The van der Waals surface area contributed by atoms with Crippen LogP contribution in [0.15, 0.2) is 18.2 Å². The van der Waals surface area contributed by atoms with Gasteiger partial charge in [0.05, 0.1) is 0 Å². The molecule has 5 atom stereocenters. The maximum Gasteiger partial charge on any atom is 0.0444 e. The van der Waals surface area contributed by atoms with Crippen LogP contribution in [0.4, 0.5) is 0 Å². The fourth-order valence-corrected chi connectivity index (χ4v) is 5.77. The number of aryl methyl sites for hydroxylation is 2. The largest absolute Gasteiger partial charge is 0.321 e. The third-order valence-electron chi connectivity index (χ3n) is 6.32. The maximum absolute atomic E-state index is 6.96. The molecule has 3 aliphatic carbocycles. The van der Waals surface area contributed by atoms with Crippen molar-refractivity contribution < 1.29 is 0 Å². The summed E-state index contributed by atoms with van der Waals surface area (Å²) in [5.74, 6) is 3.63. The summed E-state index contributed by atoms with van der Waals surface area (Å²) in [5.41, 5.74) is 11.1. The van der Waals surface area contributed by atoms with Crippen molar-refractivity contribution in [1.82, 2.24) is 0 Å². The van der Waals surface area contributed by atoms with Gasteiger partial charge in [-0.2, -0.15) is 0 Å². The summed E-state index contributed by atoms with van der Waals surface area (Å²) in [6.45, 7) is 4.40. The Morgan fingerprint density at radius 3 is 2.47 bits per heavy atom. The van der Waals surface area contributed by atoms with E-state index in [0.29, 0.717) is 0 Å². The monoisotopic (exact) mass is 255 g/mol. The lowest BCUT2D eigenvalue weighted by Crippen LogP contribution is -2.46. The van der Waals surface area contributed by atoms with Gasteiger partial charge >= 0.3 is 0 Å². The third kappa shape index (κ3) is 1.57. The molecule has 3 fully saturated rings. The van der Waals surface area contributed by atoms with Crippen molar-refractivity contribution in [3.63, 3.8) is 0 Å². The maximum atomic E-state index is 6.96. The molecule has 1 heteroatoms. The van der Waals surface area contributed by atoms with Crippen LogP contribution in [-0.4, -0.2) is 0 Å². The van der Waals surface area contributed by atoms with E-state index >= 15 is 0 Å². The Labute approximate surface area is 116 Å². The van der Waals surface area contributed by atoms with E-state index in [-0.39, 0.29) is 5.54 Å². The van der Waals surface area contributed by atoms with E-state index in [1.165, 1.54) is 48.8 Å². The van der Waals surface area contributed by atoms with Crippen LogP contribution in [0.2, 0.25) is 0 Å². The molecular formula is C18H25N. The minimum atomic E-state index is -0.0209. The number of fused-ring (bicyclic) bond motifs is 5. The third-order valence-corrected chi connectivity index (χ3v) is 6.32. The summed E-state index contributed by atoms with van der Waals surface area (Å²) in [6.07, 6.45) is 7.01. The van der Waals surface area contributed by atoms with E-state index < -0.39 is 0 Å².